The van der Waals surface area contributed by atoms with E-state index in [-0.39, 0.29) is 12.4 Å². The van der Waals surface area contributed by atoms with Crippen molar-refractivity contribution >= 4 is 46.4 Å². The number of fused-ring (bicyclic) bond motifs is 1. The molecule has 268 valence electrons. The molecule has 0 aliphatic heterocycles. The van der Waals surface area contributed by atoms with Gasteiger partial charge in [-0.2, -0.15) is 21.8 Å². The molecular weight excluding hydrogens is 696 g/mol. The predicted octanol–water partition coefficient (Wildman–Crippen LogP) is 8.00. The van der Waals surface area contributed by atoms with Crippen LogP contribution in [0.3, 0.4) is 0 Å². The number of hydrogen-bond donors (Lipinski definition) is 2. The molecule has 2 aromatic heterocycles. The molecule has 1 unspecified atom stereocenters. The van der Waals surface area contributed by atoms with E-state index >= 15 is 0 Å². The topological polar surface area (TPSA) is 125 Å². The van der Waals surface area contributed by atoms with Crippen LogP contribution in [-0.4, -0.2) is 67.5 Å². The van der Waals surface area contributed by atoms with E-state index in [0.717, 1.165) is 56.5 Å². The number of nitrogens with two attached hydrogens (primary N) is 1. The number of unbranched alkanes of at least 4 members (excludes halogenated alkanes) is 7. The molecule has 0 aliphatic rings. The number of ether oxygens (including phenoxy) is 1. The SMILES string of the molecule is C[C@H](Cn1cnc2c(N)ncnc21)OCP(=O)(O)OCCCSCCCCCCCCCC#CS(C)(C)c1c(F)c(F)c(F)c(F)c1F. The largest absolute Gasteiger partial charge is 0.382 e. The van der Waals surface area contributed by atoms with Crippen molar-refractivity contribution in [1.29, 1.82) is 0 Å². The van der Waals surface area contributed by atoms with Crippen molar-refractivity contribution in [2.75, 3.05) is 42.7 Å². The number of nitrogen functional groups attached to an aromatic ring is 1. The highest BCUT2D eigenvalue weighted by molar-refractivity contribution is 8.36. The van der Waals surface area contributed by atoms with Gasteiger partial charge in [0.15, 0.2) is 34.7 Å². The first-order valence-electron chi connectivity index (χ1n) is 15.6. The molecule has 0 radical (unpaired) electrons. The monoisotopic (exact) mass is 739 g/mol. The van der Waals surface area contributed by atoms with E-state index in [4.69, 9.17) is 15.0 Å². The maximum absolute atomic E-state index is 14.2. The molecule has 0 aliphatic carbocycles. The maximum Gasteiger partial charge on any atom is 0.353 e. The number of halogens is 5. The van der Waals surface area contributed by atoms with Crippen molar-refractivity contribution in [3.8, 4) is 11.2 Å². The minimum absolute atomic E-state index is 0.168. The lowest BCUT2D eigenvalue weighted by Crippen LogP contribution is -2.17. The number of rotatable bonds is 20. The van der Waals surface area contributed by atoms with Gasteiger partial charge >= 0.3 is 7.60 Å². The van der Waals surface area contributed by atoms with E-state index in [1.54, 1.807) is 29.6 Å². The van der Waals surface area contributed by atoms with Crippen LogP contribution in [0, 0.1) is 40.3 Å². The van der Waals surface area contributed by atoms with Crippen molar-refractivity contribution < 1.29 is 40.7 Å². The Labute approximate surface area is 283 Å². The zero-order valence-electron chi connectivity index (χ0n) is 27.3. The Hall–Kier alpha value is -2.41. The van der Waals surface area contributed by atoms with Gasteiger partial charge in [0.1, 0.15) is 18.2 Å². The Morgan fingerprint density at radius 1 is 0.938 bits per heavy atom. The molecule has 3 rings (SSSR count). The normalized spacial score (nSPS) is 14.1. The fourth-order valence-corrected chi connectivity index (χ4v) is 8.21. The number of thioether (sulfide) groups is 1. The van der Waals surface area contributed by atoms with Crippen molar-refractivity contribution in [1.82, 2.24) is 19.5 Å². The number of anilines is 1. The lowest BCUT2D eigenvalue weighted by atomic mass is 10.1. The van der Waals surface area contributed by atoms with Gasteiger partial charge < -0.3 is 24.5 Å². The lowest BCUT2D eigenvalue weighted by molar-refractivity contribution is 0.0718. The molecule has 2 atom stereocenters. The zero-order valence-corrected chi connectivity index (χ0v) is 29.9. The standard InChI is InChI=1S/C31H43F5N5O4PS2/c1-22(18-41-20-40-28-30(37)38-19-39-31(28)41)44-21-46(42,43)45-14-13-16-47-15-11-9-7-5-4-6-8-10-12-17-48(2,3)29-26(35)24(33)23(32)25(34)27(29)36/h19-20,22H,4-11,13-16,18,21H2,1-3H3,(H,42,43)(H2,37,38,39)/t22-/m1/s1. The molecule has 3 aromatic rings. The summed E-state index contributed by atoms with van der Waals surface area (Å²) in [6.45, 7) is 2.31. The third-order valence-corrected chi connectivity index (χ3v) is 11.5. The Morgan fingerprint density at radius 3 is 2.23 bits per heavy atom. The second kappa shape index (κ2) is 19.1. The summed E-state index contributed by atoms with van der Waals surface area (Å²) in [6, 6.07) is 0. The lowest BCUT2D eigenvalue weighted by Gasteiger charge is -2.26. The van der Waals surface area contributed by atoms with Gasteiger partial charge in [-0.05, 0) is 50.2 Å². The van der Waals surface area contributed by atoms with Gasteiger partial charge in [-0.15, -0.1) is 0 Å². The number of nitrogens with zero attached hydrogens (tertiary/aromatic N) is 4. The molecule has 9 nitrogen and oxygen atoms in total. The molecular formula is C31H43F5N5O4PS2. The van der Waals surface area contributed by atoms with Gasteiger partial charge in [-0.3, -0.25) is 4.57 Å². The summed E-state index contributed by atoms with van der Waals surface area (Å²) in [5, 5.41) is 2.75. The molecule has 0 saturated carbocycles. The summed E-state index contributed by atoms with van der Waals surface area (Å²) in [6.07, 6.45) is 13.2. The molecule has 0 fully saturated rings. The van der Waals surface area contributed by atoms with Gasteiger partial charge in [-0.1, -0.05) is 43.3 Å². The smallest absolute Gasteiger partial charge is 0.353 e. The van der Waals surface area contributed by atoms with Crippen molar-refractivity contribution in [2.24, 2.45) is 0 Å². The van der Waals surface area contributed by atoms with Crippen LogP contribution >= 0.6 is 29.4 Å². The quantitative estimate of drug-likeness (QED) is 0.0296. The van der Waals surface area contributed by atoms with Gasteiger partial charge in [-0.25, -0.2) is 36.9 Å². The minimum atomic E-state index is -3.88. The van der Waals surface area contributed by atoms with Crippen LogP contribution in [0.5, 0.6) is 0 Å². The molecule has 48 heavy (non-hydrogen) atoms. The first-order valence-corrected chi connectivity index (χ1v) is 20.9. The van der Waals surface area contributed by atoms with E-state index in [0.29, 0.717) is 30.6 Å². The van der Waals surface area contributed by atoms with Crippen molar-refractivity contribution in [2.45, 2.75) is 82.3 Å². The van der Waals surface area contributed by atoms with Gasteiger partial charge in [0, 0.05) is 6.42 Å². The number of aromatic nitrogens is 4. The molecule has 0 spiro atoms. The van der Waals surface area contributed by atoms with Gasteiger partial charge in [0.2, 0.25) is 5.82 Å². The highest BCUT2D eigenvalue weighted by Gasteiger charge is 2.31. The summed E-state index contributed by atoms with van der Waals surface area (Å²) < 4.78 is 93.6. The highest BCUT2D eigenvalue weighted by Crippen LogP contribution is 2.51. The molecule has 2 heterocycles. The van der Waals surface area contributed by atoms with Crippen molar-refractivity contribution in [3.05, 3.63) is 41.7 Å². The Bertz CT molecular complexity index is 1590. The second-order valence-electron chi connectivity index (χ2n) is 11.6. The van der Waals surface area contributed by atoms with Crippen LogP contribution < -0.4 is 5.73 Å². The first-order chi connectivity index (χ1) is 22.7. The molecule has 3 N–H and O–H groups in total. The van der Waals surface area contributed by atoms with Crippen LogP contribution in [0.1, 0.15) is 64.7 Å². The molecule has 0 bridgehead atoms. The summed E-state index contributed by atoms with van der Waals surface area (Å²) >= 11 is 1.78. The van der Waals surface area contributed by atoms with Crippen LogP contribution in [0.2, 0.25) is 0 Å². The summed E-state index contributed by atoms with van der Waals surface area (Å²) in [5.74, 6) is -4.72. The molecule has 17 heteroatoms. The number of benzene rings is 1. The van der Waals surface area contributed by atoms with E-state index < -0.39 is 64.1 Å². The predicted molar refractivity (Wildman–Crippen MR) is 182 cm³/mol. The van der Waals surface area contributed by atoms with E-state index in [9.17, 15) is 31.4 Å². The van der Waals surface area contributed by atoms with Gasteiger partial charge in [0.25, 0.3) is 0 Å². The zero-order chi connectivity index (χ0) is 35.3. The average Bonchev–Trinajstić information content (AvgIpc) is 3.45. The molecule has 0 saturated heterocycles. The Balaban J connectivity index is 1.17. The van der Waals surface area contributed by atoms with E-state index in [2.05, 4.69) is 26.1 Å². The third-order valence-electron chi connectivity index (χ3n) is 7.23. The average molecular weight is 740 g/mol. The fraction of sp³-hybridized carbons (Fsp3) is 0.581. The summed E-state index contributed by atoms with van der Waals surface area (Å²) in [7, 11) is -6.41. The van der Waals surface area contributed by atoms with Gasteiger partial charge in [0.05, 0.1) is 30.5 Å². The van der Waals surface area contributed by atoms with Crippen LogP contribution in [0.25, 0.3) is 11.2 Å². The maximum atomic E-state index is 14.2. The second-order valence-corrected chi connectivity index (χ2v) is 17.9. The number of hydrogen-bond acceptors (Lipinski definition) is 8. The van der Waals surface area contributed by atoms with Crippen LogP contribution in [0.4, 0.5) is 27.8 Å². The van der Waals surface area contributed by atoms with Crippen LogP contribution in [-0.2, 0) is 20.4 Å². The molecule has 0 amide bonds. The summed E-state index contributed by atoms with van der Waals surface area (Å²) in [5.41, 5.74) is 6.85. The third kappa shape index (κ3) is 11.9. The minimum Gasteiger partial charge on any atom is -0.382 e. The Morgan fingerprint density at radius 2 is 1.54 bits per heavy atom. The first kappa shape index (κ1) is 40.0. The summed E-state index contributed by atoms with van der Waals surface area (Å²) in [4.78, 5) is 21.5. The Kier molecular flexibility index (Phi) is 15.9. The molecule has 1 aromatic carbocycles. The van der Waals surface area contributed by atoms with E-state index in [1.165, 1.54) is 18.8 Å². The fourth-order valence-electron chi connectivity index (χ4n) is 4.71. The van der Waals surface area contributed by atoms with E-state index in [1.807, 2.05) is 0 Å². The van der Waals surface area contributed by atoms with Crippen molar-refractivity contribution in [3.63, 3.8) is 0 Å². The number of imidazole rings is 1. The van der Waals surface area contributed by atoms with Crippen LogP contribution in [0.15, 0.2) is 17.6 Å². The highest BCUT2D eigenvalue weighted by atomic mass is 32.3.